The number of aromatic nitrogens is 1. The molecule has 34 heavy (non-hydrogen) atoms. The van der Waals surface area contributed by atoms with Gasteiger partial charge in [0.25, 0.3) is 5.91 Å². The Hall–Kier alpha value is -3.77. The minimum Gasteiger partial charge on any atom is -0.378 e. The molecule has 1 amide bonds. The zero-order chi connectivity index (χ0) is 23.5. The largest absolute Gasteiger partial charge is 0.378 e. The molecule has 3 aromatic rings. The number of aryl methyl sites for hydroxylation is 1. The number of fused-ring (bicyclic) bond motifs is 1. The molecule has 0 spiro atoms. The maximum atomic E-state index is 13.2. The van der Waals surface area contributed by atoms with E-state index >= 15 is 0 Å². The van der Waals surface area contributed by atoms with Crippen LogP contribution in [0.2, 0.25) is 0 Å². The minimum absolute atomic E-state index is 0.0106. The highest BCUT2D eigenvalue weighted by molar-refractivity contribution is 6.08. The molecule has 0 N–H and O–H groups in total. The number of amides is 1. The Labute approximate surface area is 199 Å². The number of allylic oxidation sites excluding steroid dienone is 3. The lowest BCUT2D eigenvalue weighted by Crippen LogP contribution is -2.40. The van der Waals surface area contributed by atoms with E-state index in [9.17, 15) is 9.59 Å². The van der Waals surface area contributed by atoms with Gasteiger partial charge in [0.05, 0.1) is 30.0 Å². The predicted octanol–water partition coefficient (Wildman–Crippen LogP) is 4.50. The highest BCUT2D eigenvalue weighted by atomic mass is 16.5. The van der Waals surface area contributed by atoms with Gasteiger partial charge in [-0.1, -0.05) is 54.1 Å². The zero-order valence-electron chi connectivity index (χ0n) is 19.2. The summed E-state index contributed by atoms with van der Waals surface area (Å²) < 4.78 is 5.37. The van der Waals surface area contributed by atoms with Crippen LogP contribution in [-0.2, 0) is 11.3 Å². The molecule has 0 aliphatic carbocycles. The van der Waals surface area contributed by atoms with Crippen LogP contribution in [0.4, 0.5) is 0 Å². The van der Waals surface area contributed by atoms with Crippen molar-refractivity contribution in [3.63, 3.8) is 0 Å². The topological polar surface area (TPSA) is 62.7 Å². The number of carbonyl (C=O) groups is 2. The molecule has 0 radical (unpaired) electrons. The third kappa shape index (κ3) is 4.50. The molecule has 0 bridgehead atoms. The number of morpholine rings is 1. The number of pyridine rings is 1. The molecule has 1 aromatic heterocycles. The summed E-state index contributed by atoms with van der Waals surface area (Å²) in [5, 5.41) is 0.910. The van der Waals surface area contributed by atoms with Crippen LogP contribution in [0.25, 0.3) is 10.9 Å². The van der Waals surface area contributed by atoms with Crippen molar-refractivity contribution < 1.29 is 14.3 Å². The maximum Gasteiger partial charge on any atom is 0.256 e. The van der Waals surface area contributed by atoms with Crippen LogP contribution in [0, 0.1) is 6.92 Å². The van der Waals surface area contributed by atoms with Crippen molar-refractivity contribution in [1.29, 1.82) is 0 Å². The van der Waals surface area contributed by atoms with Gasteiger partial charge in [-0.15, -0.1) is 0 Å². The fourth-order valence-electron chi connectivity index (χ4n) is 4.38. The first-order valence-corrected chi connectivity index (χ1v) is 11.6. The van der Waals surface area contributed by atoms with E-state index in [1.807, 2.05) is 77.5 Å². The number of Topliss-reactive ketones (excluding diaryl/α,β-unsaturated/α-hetero) is 1. The van der Waals surface area contributed by atoms with Gasteiger partial charge in [0.15, 0.2) is 0 Å². The number of rotatable bonds is 5. The lowest BCUT2D eigenvalue weighted by molar-refractivity contribution is 0.0304. The molecule has 2 aromatic carbocycles. The molecule has 1 fully saturated rings. The van der Waals surface area contributed by atoms with Gasteiger partial charge in [-0.05, 0) is 31.0 Å². The Balaban J connectivity index is 1.39. The molecule has 3 heterocycles. The second-order valence-electron chi connectivity index (χ2n) is 8.66. The first-order valence-electron chi connectivity index (χ1n) is 11.6. The second kappa shape index (κ2) is 9.61. The third-order valence-electron chi connectivity index (χ3n) is 6.24. The molecule has 0 atom stereocenters. The summed E-state index contributed by atoms with van der Waals surface area (Å²) in [5.41, 5.74) is 4.75. The molecule has 6 nitrogen and oxygen atoms in total. The summed E-state index contributed by atoms with van der Waals surface area (Å²) in [7, 11) is 0. The summed E-state index contributed by atoms with van der Waals surface area (Å²) in [6.07, 6.45) is 8.50. The van der Waals surface area contributed by atoms with E-state index in [1.54, 1.807) is 6.20 Å². The van der Waals surface area contributed by atoms with Crippen molar-refractivity contribution in [1.82, 2.24) is 14.8 Å². The van der Waals surface area contributed by atoms with Gasteiger partial charge in [0, 0.05) is 43.0 Å². The molecule has 172 valence electrons. The van der Waals surface area contributed by atoms with Crippen LogP contribution >= 0.6 is 0 Å². The van der Waals surface area contributed by atoms with Crippen LogP contribution in [0.1, 0.15) is 38.3 Å². The zero-order valence-corrected chi connectivity index (χ0v) is 19.2. The van der Waals surface area contributed by atoms with Crippen molar-refractivity contribution >= 4 is 22.6 Å². The summed E-state index contributed by atoms with van der Waals surface area (Å²) in [6.45, 7) is 4.85. The number of hydrogen-bond acceptors (Lipinski definition) is 5. The Kier molecular flexibility index (Phi) is 6.23. The Bertz CT molecular complexity index is 1290. The van der Waals surface area contributed by atoms with E-state index in [0.29, 0.717) is 55.2 Å². The van der Waals surface area contributed by atoms with Gasteiger partial charge < -0.3 is 14.5 Å². The maximum absolute atomic E-state index is 13.2. The first kappa shape index (κ1) is 22.0. The summed E-state index contributed by atoms with van der Waals surface area (Å²) >= 11 is 0. The molecular weight excluding hydrogens is 426 g/mol. The average molecular weight is 454 g/mol. The van der Waals surface area contributed by atoms with Crippen molar-refractivity contribution in [2.75, 3.05) is 26.3 Å². The van der Waals surface area contributed by atoms with E-state index in [2.05, 4.69) is 11.1 Å². The monoisotopic (exact) mass is 453 g/mol. The highest BCUT2D eigenvalue weighted by Gasteiger charge is 2.22. The summed E-state index contributed by atoms with van der Waals surface area (Å²) in [6, 6.07) is 15.4. The highest BCUT2D eigenvalue weighted by Crippen LogP contribution is 2.24. The smallest absolute Gasteiger partial charge is 0.256 e. The molecular formula is C28H27N3O3. The quantitative estimate of drug-likeness (QED) is 0.532. The molecule has 5 rings (SSSR count). The van der Waals surface area contributed by atoms with Crippen LogP contribution in [0.3, 0.4) is 0 Å². The van der Waals surface area contributed by atoms with E-state index in [1.165, 1.54) is 0 Å². The van der Waals surface area contributed by atoms with Crippen molar-refractivity contribution in [3.05, 3.63) is 101 Å². The van der Waals surface area contributed by atoms with E-state index in [-0.39, 0.29) is 11.7 Å². The lowest BCUT2D eigenvalue weighted by atomic mass is 10.0. The van der Waals surface area contributed by atoms with E-state index < -0.39 is 0 Å². The fourth-order valence-corrected chi connectivity index (χ4v) is 4.38. The minimum atomic E-state index is -0.0120. The summed E-state index contributed by atoms with van der Waals surface area (Å²) in [4.78, 5) is 34.7. The number of ether oxygens (including phenoxy) is 1. The van der Waals surface area contributed by atoms with E-state index in [4.69, 9.17) is 4.74 Å². The number of ketones is 1. The van der Waals surface area contributed by atoms with Crippen molar-refractivity contribution in [2.24, 2.45) is 0 Å². The van der Waals surface area contributed by atoms with Crippen molar-refractivity contribution in [3.8, 4) is 0 Å². The van der Waals surface area contributed by atoms with E-state index in [0.717, 1.165) is 22.9 Å². The SMILES string of the molecule is Cc1ccc(C(=O)C2=CCC=CN2Cc2cnc3c(C(=O)N4CCOCC4)cccc3c2)cc1. The number of carbonyl (C=O) groups excluding carboxylic acids is 2. The van der Waals surface area contributed by atoms with Crippen LogP contribution in [0.5, 0.6) is 0 Å². The molecule has 2 aliphatic heterocycles. The van der Waals surface area contributed by atoms with Gasteiger partial charge in [-0.2, -0.15) is 0 Å². The summed E-state index contributed by atoms with van der Waals surface area (Å²) in [5.74, 6) is -0.00137. The number of nitrogens with zero attached hydrogens (tertiary/aromatic N) is 3. The Morgan fingerprint density at radius 1 is 1.06 bits per heavy atom. The van der Waals surface area contributed by atoms with Crippen molar-refractivity contribution in [2.45, 2.75) is 19.9 Å². The molecule has 0 saturated carbocycles. The van der Waals surface area contributed by atoms with Crippen LogP contribution in [-0.4, -0.2) is 52.8 Å². The number of benzene rings is 2. The van der Waals surface area contributed by atoms with Gasteiger partial charge in [0.2, 0.25) is 5.78 Å². The molecule has 0 unspecified atom stereocenters. The Morgan fingerprint density at radius 3 is 2.65 bits per heavy atom. The average Bonchev–Trinajstić information content (AvgIpc) is 2.89. The van der Waals surface area contributed by atoms with Crippen LogP contribution < -0.4 is 0 Å². The number of hydrogen-bond donors (Lipinski definition) is 0. The first-order chi connectivity index (χ1) is 16.6. The van der Waals surface area contributed by atoms with Gasteiger partial charge >= 0.3 is 0 Å². The van der Waals surface area contributed by atoms with Crippen LogP contribution in [0.15, 0.2) is 78.8 Å². The standard InChI is InChI=1S/C28H27N3O3/c1-20-8-10-22(11-9-20)27(32)25-7-2-3-12-31(25)19-21-17-23-5-4-6-24(26(23)29-18-21)28(33)30-13-15-34-16-14-30/h3-12,17-18H,2,13-16,19H2,1H3. The predicted molar refractivity (Wildman–Crippen MR) is 131 cm³/mol. The number of para-hydroxylation sites is 1. The fraction of sp³-hybridized carbons (Fsp3) is 0.250. The van der Waals surface area contributed by atoms with Gasteiger partial charge in [0.1, 0.15) is 0 Å². The molecule has 6 heteroatoms. The second-order valence-corrected chi connectivity index (χ2v) is 8.66. The molecule has 1 saturated heterocycles. The van der Waals surface area contributed by atoms with Gasteiger partial charge in [-0.3, -0.25) is 14.6 Å². The normalized spacial score (nSPS) is 16.0. The third-order valence-corrected chi connectivity index (χ3v) is 6.24. The molecule has 2 aliphatic rings. The lowest BCUT2D eigenvalue weighted by Gasteiger charge is -2.27. The Morgan fingerprint density at radius 2 is 1.85 bits per heavy atom. The van der Waals surface area contributed by atoms with Gasteiger partial charge in [-0.25, -0.2) is 0 Å².